The zero-order valence-electron chi connectivity index (χ0n) is 8.68. The lowest BCUT2D eigenvalue weighted by atomic mass is 10.3. The average molecular weight is 263 g/mol. The predicted octanol–water partition coefficient (Wildman–Crippen LogP) is 2.25. The number of carbonyl (C=O) groups excluding carboxylic acids is 1. The number of carbonyl (C=O) groups is 1. The Morgan fingerprint density at radius 1 is 1.38 bits per heavy atom. The van der Waals surface area contributed by atoms with E-state index >= 15 is 0 Å². The van der Waals surface area contributed by atoms with Crippen LogP contribution < -0.4 is 10.6 Å². The van der Waals surface area contributed by atoms with Gasteiger partial charge in [0.1, 0.15) is 0 Å². The van der Waals surface area contributed by atoms with Gasteiger partial charge in [-0.05, 0) is 19.2 Å². The smallest absolute Gasteiger partial charge is 0.225 e. The number of hydrogen-bond donors (Lipinski definition) is 3. The van der Waals surface area contributed by atoms with E-state index in [9.17, 15) is 9.90 Å². The van der Waals surface area contributed by atoms with Gasteiger partial charge in [0, 0.05) is 18.7 Å². The SMILES string of the molecule is CNCCC(=O)Nc1cc(Cl)c(O)c(Cl)c1. The molecule has 3 N–H and O–H groups in total. The van der Waals surface area contributed by atoms with Crippen LogP contribution in [0.2, 0.25) is 10.0 Å². The van der Waals surface area contributed by atoms with Crippen molar-refractivity contribution in [3.8, 4) is 5.75 Å². The number of benzene rings is 1. The molecule has 0 saturated heterocycles. The number of halogens is 2. The lowest BCUT2D eigenvalue weighted by molar-refractivity contribution is -0.116. The molecular weight excluding hydrogens is 251 g/mol. The number of anilines is 1. The van der Waals surface area contributed by atoms with Crippen LogP contribution in [0.1, 0.15) is 6.42 Å². The van der Waals surface area contributed by atoms with Gasteiger partial charge in [0.05, 0.1) is 10.0 Å². The molecule has 0 spiro atoms. The quantitative estimate of drug-likeness (QED) is 0.730. The van der Waals surface area contributed by atoms with Crippen molar-refractivity contribution in [3.63, 3.8) is 0 Å². The van der Waals surface area contributed by atoms with Crippen LogP contribution in [0.15, 0.2) is 12.1 Å². The van der Waals surface area contributed by atoms with Crippen LogP contribution in [0.25, 0.3) is 0 Å². The van der Waals surface area contributed by atoms with Gasteiger partial charge in [0.25, 0.3) is 0 Å². The Balaban J connectivity index is 2.71. The standard InChI is InChI=1S/C10H12Cl2N2O2/c1-13-3-2-9(15)14-6-4-7(11)10(16)8(12)5-6/h4-5,13,16H,2-3H2,1H3,(H,14,15). The normalized spacial score (nSPS) is 10.2. The summed E-state index contributed by atoms with van der Waals surface area (Å²) in [7, 11) is 1.77. The maximum Gasteiger partial charge on any atom is 0.225 e. The van der Waals surface area contributed by atoms with Crippen molar-refractivity contribution in [1.29, 1.82) is 0 Å². The van der Waals surface area contributed by atoms with Gasteiger partial charge in [-0.25, -0.2) is 0 Å². The molecular formula is C10H12Cl2N2O2. The van der Waals surface area contributed by atoms with Crippen molar-refractivity contribution >= 4 is 34.8 Å². The molecule has 0 aliphatic carbocycles. The highest BCUT2D eigenvalue weighted by molar-refractivity contribution is 6.37. The molecule has 0 aromatic heterocycles. The molecule has 0 bridgehead atoms. The van der Waals surface area contributed by atoms with Gasteiger partial charge in [-0.3, -0.25) is 4.79 Å². The zero-order valence-corrected chi connectivity index (χ0v) is 10.2. The lowest BCUT2D eigenvalue weighted by Gasteiger charge is -2.07. The fourth-order valence-corrected chi connectivity index (χ4v) is 1.59. The van der Waals surface area contributed by atoms with E-state index < -0.39 is 0 Å². The largest absolute Gasteiger partial charge is 0.505 e. The fourth-order valence-electron chi connectivity index (χ4n) is 1.10. The molecule has 0 saturated carbocycles. The second kappa shape index (κ2) is 5.94. The highest BCUT2D eigenvalue weighted by atomic mass is 35.5. The number of phenols is 1. The summed E-state index contributed by atoms with van der Waals surface area (Å²) in [6.45, 7) is 0.589. The van der Waals surface area contributed by atoms with Gasteiger partial charge in [0.2, 0.25) is 5.91 Å². The Morgan fingerprint density at radius 3 is 2.44 bits per heavy atom. The van der Waals surface area contributed by atoms with E-state index in [0.29, 0.717) is 18.7 Å². The van der Waals surface area contributed by atoms with Crippen LogP contribution in [0.5, 0.6) is 5.75 Å². The van der Waals surface area contributed by atoms with E-state index in [0.717, 1.165) is 0 Å². The fraction of sp³-hybridized carbons (Fsp3) is 0.300. The minimum absolute atomic E-state index is 0.108. The molecule has 4 nitrogen and oxygen atoms in total. The zero-order chi connectivity index (χ0) is 12.1. The maximum absolute atomic E-state index is 11.4. The van der Waals surface area contributed by atoms with Crippen molar-refractivity contribution in [2.45, 2.75) is 6.42 Å². The van der Waals surface area contributed by atoms with E-state index in [1.165, 1.54) is 12.1 Å². The minimum atomic E-state index is -0.184. The topological polar surface area (TPSA) is 61.4 Å². The molecule has 0 radical (unpaired) electrons. The minimum Gasteiger partial charge on any atom is -0.505 e. The third-order valence-corrected chi connectivity index (χ3v) is 2.48. The summed E-state index contributed by atoms with van der Waals surface area (Å²) in [6.07, 6.45) is 0.354. The van der Waals surface area contributed by atoms with E-state index in [2.05, 4.69) is 10.6 Å². The van der Waals surface area contributed by atoms with Gasteiger partial charge in [-0.1, -0.05) is 23.2 Å². The second-order valence-corrected chi connectivity index (χ2v) is 4.00. The van der Waals surface area contributed by atoms with Gasteiger partial charge in [-0.15, -0.1) is 0 Å². The lowest BCUT2D eigenvalue weighted by Crippen LogP contribution is -2.18. The van der Waals surface area contributed by atoms with Crippen molar-refractivity contribution in [3.05, 3.63) is 22.2 Å². The van der Waals surface area contributed by atoms with Crippen LogP contribution in [0.4, 0.5) is 5.69 Å². The number of phenolic OH excluding ortho intramolecular Hbond substituents is 1. The van der Waals surface area contributed by atoms with Crippen LogP contribution in [-0.2, 0) is 4.79 Å². The summed E-state index contributed by atoms with van der Waals surface area (Å²) in [4.78, 5) is 11.4. The van der Waals surface area contributed by atoms with Gasteiger partial charge in [-0.2, -0.15) is 0 Å². The number of amides is 1. The predicted molar refractivity (Wildman–Crippen MR) is 65.3 cm³/mol. The molecule has 0 aliphatic rings. The van der Waals surface area contributed by atoms with E-state index in [-0.39, 0.29) is 21.7 Å². The molecule has 0 unspecified atom stereocenters. The molecule has 0 aliphatic heterocycles. The van der Waals surface area contributed by atoms with Gasteiger partial charge < -0.3 is 15.7 Å². The monoisotopic (exact) mass is 262 g/mol. The summed E-state index contributed by atoms with van der Waals surface area (Å²) < 4.78 is 0. The summed E-state index contributed by atoms with van der Waals surface area (Å²) in [5.74, 6) is -0.330. The highest BCUT2D eigenvalue weighted by Crippen LogP contribution is 2.34. The summed E-state index contributed by atoms with van der Waals surface area (Å²) >= 11 is 11.4. The second-order valence-electron chi connectivity index (χ2n) is 3.19. The van der Waals surface area contributed by atoms with Crippen molar-refractivity contribution in [1.82, 2.24) is 5.32 Å². The molecule has 6 heteroatoms. The van der Waals surface area contributed by atoms with Crippen LogP contribution in [0.3, 0.4) is 0 Å². The van der Waals surface area contributed by atoms with E-state index in [4.69, 9.17) is 23.2 Å². The first-order valence-corrected chi connectivity index (χ1v) is 5.42. The van der Waals surface area contributed by atoms with Crippen molar-refractivity contribution < 1.29 is 9.90 Å². The molecule has 0 heterocycles. The van der Waals surface area contributed by atoms with Crippen LogP contribution in [-0.4, -0.2) is 24.6 Å². The number of nitrogens with one attached hydrogen (secondary N) is 2. The van der Waals surface area contributed by atoms with Gasteiger partial charge >= 0.3 is 0 Å². The third kappa shape index (κ3) is 3.56. The molecule has 1 amide bonds. The third-order valence-electron chi connectivity index (χ3n) is 1.90. The highest BCUT2D eigenvalue weighted by Gasteiger charge is 2.08. The molecule has 1 aromatic carbocycles. The Bertz CT molecular complexity index is 373. The van der Waals surface area contributed by atoms with Crippen molar-refractivity contribution in [2.75, 3.05) is 18.9 Å². The number of hydrogen-bond acceptors (Lipinski definition) is 3. The molecule has 88 valence electrons. The van der Waals surface area contributed by atoms with Crippen LogP contribution >= 0.6 is 23.2 Å². The summed E-state index contributed by atoms with van der Waals surface area (Å²) in [5.41, 5.74) is 0.467. The average Bonchev–Trinajstić information content (AvgIpc) is 2.23. The van der Waals surface area contributed by atoms with Gasteiger partial charge in [0.15, 0.2) is 5.75 Å². The van der Waals surface area contributed by atoms with Crippen molar-refractivity contribution in [2.24, 2.45) is 0 Å². The first-order chi connectivity index (χ1) is 7.54. The number of aromatic hydroxyl groups is 1. The summed E-state index contributed by atoms with van der Waals surface area (Å²) in [5, 5.41) is 15.0. The maximum atomic E-state index is 11.4. The molecule has 0 fully saturated rings. The first kappa shape index (κ1) is 13.1. The Kier molecular flexibility index (Phi) is 4.86. The molecule has 1 rings (SSSR count). The van der Waals surface area contributed by atoms with E-state index in [1.807, 2.05) is 0 Å². The Hall–Kier alpha value is -0.970. The van der Waals surface area contributed by atoms with Crippen LogP contribution in [0, 0.1) is 0 Å². The number of rotatable bonds is 4. The van der Waals surface area contributed by atoms with E-state index in [1.54, 1.807) is 7.05 Å². The molecule has 0 atom stereocenters. The summed E-state index contributed by atoms with van der Waals surface area (Å²) in [6, 6.07) is 2.89. The first-order valence-electron chi connectivity index (χ1n) is 4.67. The molecule has 1 aromatic rings. The Morgan fingerprint density at radius 2 is 1.94 bits per heavy atom. The Labute approximate surface area is 104 Å². The molecule has 16 heavy (non-hydrogen) atoms.